The topological polar surface area (TPSA) is 39.4 Å². The number of benzene rings is 1. The molecule has 25 heavy (non-hydrogen) atoms. The van der Waals surface area contributed by atoms with Gasteiger partial charge in [-0.15, -0.1) is 6.04 Å². The van der Waals surface area contributed by atoms with Crippen LogP contribution in [0.4, 0.5) is 0 Å². The van der Waals surface area contributed by atoms with E-state index in [1.165, 1.54) is 35.2 Å². The van der Waals surface area contributed by atoms with Gasteiger partial charge in [0.05, 0.1) is 0 Å². The second kappa shape index (κ2) is 8.77. The smallest absolute Gasteiger partial charge is 0.0447 e. The van der Waals surface area contributed by atoms with Gasteiger partial charge in [-0.3, -0.25) is 4.99 Å². The Morgan fingerprint density at radius 1 is 1.16 bits per heavy atom. The highest BCUT2D eigenvalue weighted by Crippen LogP contribution is 2.32. The fourth-order valence-electron chi connectivity index (χ4n) is 3.96. The highest BCUT2D eigenvalue weighted by molar-refractivity contribution is 5.60. The summed E-state index contributed by atoms with van der Waals surface area (Å²) in [7, 11) is 0. The molecule has 1 aromatic rings. The summed E-state index contributed by atoms with van der Waals surface area (Å²) in [4.78, 5) is 7.43. The molecule has 2 aliphatic rings. The van der Waals surface area contributed by atoms with Crippen LogP contribution >= 0.6 is 0 Å². The molecule has 1 N–H and O–H groups in total. The van der Waals surface area contributed by atoms with E-state index in [0.29, 0.717) is 5.92 Å². The summed E-state index contributed by atoms with van der Waals surface area (Å²) >= 11 is 0. The predicted octanol–water partition coefficient (Wildman–Crippen LogP) is 5.43. The van der Waals surface area contributed by atoms with Gasteiger partial charge in [-0.1, -0.05) is 37.1 Å². The number of aliphatic imine (C=N–C) groups is 1. The Balaban J connectivity index is 1.89. The van der Waals surface area contributed by atoms with Crippen LogP contribution in [0.25, 0.3) is 5.73 Å². The van der Waals surface area contributed by atoms with Gasteiger partial charge in [0.15, 0.2) is 0 Å². The van der Waals surface area contributed by atoms with Crippen molar-refractivity contribution in [3.05, 3.63) is 52.4 Å². The summed E-state index contributed by atoms with van der Waals surface area (Å²) in [5, 5.41) is 0. The average Bonchev–Trinajstić information content (AvgIpc) is 2.58. The molecule has 1 atom stereocenters. The minimum atomic E-state index is 0.133. The molecule has 136 valence electrons. The zero-order valence-corrected chi connectivity index (χ0v) is 15.8. The first-order valence-electron chi connectivity index (χ1n) is 9.87. The second-order valence-electron chi connectivity index (χ2n) is 7.64. The molecule has 0 amide bonds. The van der Waals surface area contributed by atoms with Crippen molar-refractivity contribution in [1.82, 2.24) is 4.90 Å². The number of hydrogen-bond acceptors (Lipinski definition) is 2. The molecule has 0 saturated carbocycles. The summed E-state index contributed by atoms with van der Waals surface area (Å²) in [6.45, 7) is 7.58. The maximum absolute atomic E-state index is 7.96. The lowest BCUT2D eigenvalue weighted by Crippen LogP contribution is -2.37. The third kappa shape index (κ3) is 4.80. The Morgan fingerprint density at radius 2 is 1.92 bits per heavy atom. The normalized spacial score (nSPS) is 23.6. The Kier molecular flexibility index (Phi) is 6.44. The van der Waals surface area contributed by atoms with E-state index in [2.05, 4.69) is 49.2 Å². The van der Waals surface area contributed by atoms with E-state index in [1.54, 1.807) is 0 Å². The van der Waals surface area contributed by atoms with Crippen molar-refractivity contribution in [1.29, 1.82) is 0 Å². The molecule has 3 heteroatoms. The number of piperidine rings is 1. The van der Waals surface area contributed by atoms with Gasteiger partial charge in [0.25, 0.3) is 0 Å². The quantitative estimate of drug-likeness (QED) is 0.721. The number of likely N-dealkylation sites (tertiary alicyclic amines) is 1. The highest BCUT2D eigenvalue weighted by Gasteiger charge is 2.23. The van der Waals surface area contributed by atoms with Crippen LogP contribution in [0, 0.1) is 13.8 Å². The number of hydrogen-bond donors (Lipinski definition) is 0. The van der Waals surface area contributed by atoms with Crippen molar-refractivity contribution in [3.8, 4) is 0 Å². The molecule has 1 saturated heterocycles. The number of aryl methyl sites for hydroxylation is 1. The standard InChI is InChI=1S/C22H32N3/c1-17-8-7-9-20(18(17)2)21(16-25-14-11-19(23)12-15-25)22-10-5-3-4-6-13-24-22/h7-10,13,19,21,23H,3-6,11-12,14-16H2,1-2H3/q-1/b22-10-,24-13?. The van der Waals surface area contributed by atoms with Crippen LogP contribution in [0.2, 0.25) is 0 Å². The lowest BCUT2D eigenvalue weighted by molar-refractivity contribution is 0.217. The highest BCUT2D eigenvalue weighted by atomic mass is 15.1. The molecule has 2 aliphatic heterocycles. The van der Waals surface area contributed by atoms with Crippen LogP contribution < -0.4 is 0 Å². The molecule has 3 nitrogen and oxygen atoms in total. The van der Waals surface area contributed by atoms with Crippen LogP contribution in [0.3, 0.4) is 0 Å². The summed E-state index contributed by atoms with van der Waals surface area (Å²) in [6.07, 6.45) is 11.3. The van der Waals surface area contributed by atoms with Crippen molar-refractivity contribution in [2.75, 3.05) is 19.6 Å². The van der Waals surface area contributed by atoms with E-state index in [4.69, 9.17) is 10.7 Å². The van der Waals surface area contributed by atoms with Gasteiger partial charge in [-0.25, -0.2) is 0 Å². The van der Waals surface area contributed by atoms with Crippen LogP contribution in [0.5, 0.6) is 0 Å². The van der Waals surface area contributed by atoms with Crippen molar-refractivity contribution in [2.24, 2.45) is 4.99 Å². The Bertz CT molecular complexity index is 624. The van der Waals surface area contributed by atoms with Crippen molar-refractivity contribution in [3.63, 3.8) is 0 Å². The second-order valence-corrected chi connectivity index (χ2v) is 7.64. The third-order valence-corrected chi connectivity index (χ3v) is 5.79. The van der Waals surface area contributed by atoms with E-state index in [-0.39, 0.29) is 6.04 Å². The van der Waals surface area contributed by atoms with E-state index in [1.807, 2.05) is 0 Å². The summed E-state index contributed by atoms with van der Waals surface area (Å²) < 4.78 is 0. The molecule has 1 aromatic carbocycles. The predicted molar refractivity (Wildman–Crippen MR) is 107 cm³/mol. The minimum Gasteiger partial charge on any atom is -0.675 e. The Hall–Kier alpha value is -1.45. The van der Waals surface area contributed by atoms with Gasteiger partial charge >= 0.3 is 0 Å². The summed E-state index contributed by atoms with van der Waals surface area (Å²) in [6, 6.07) is 6.82. The maximum Gasteiger partial charge on any atom is 0.0447 e. The van der Waals surface area contributed by atoms with Crippen molar-refractivity contribution in [2.45, 2.75) is 64.3 Å². The van der Waals surface area contributed by atoms with Crippen molar-refractivity contribution >= 4 is 6.21 Å². The Labute approximate surface area is 153 Å². The van der Waals surface area contributed by atoms with Gasteiger partial charge in [0.2, 0.25) is 0 Å². The van der Waals surface area contributed by atoms with Gasteiger partial charge in [0, 0.05) is 24.4 Å². The minimum absolute atomic E-state index is 0.133. The van der Waals surface area contributed by atoms with Crippen molar-refractivity contribution < 1.29 is 0 Å². The molecule has 2 heterocycles. The summed E-state index contributed by atoms with van der Waals surface area (Å²) in [5.74, 6) is 0.344. The molecule has 3 rings (SSSR count). The van der Waals surface area contributed by atoms with Gasteiger partial charge in [-0.2, -0.15) is 0 Å². The van der Waals surface area contributed by atoms with E-state index in [0.717, 1.165) is 45.3 Å². The Morgan fingerprint density at radius 3 is 2.72 bits per heavy atom. The molecule has 0 bridgehead atoms. The monoisotopic (exact) mass is 338 g/mol. The zero-order valence-electron chi connectivity index (χ0n) is 15.8. The molecule has 1 fully saturated rings. The molecule has 0 aromatic heterocycles. The van der Waals surface area contributed by atoms with Crippen LogP contribution in [0.1, 0.15) is 61.1 Å². The molecule has 1 unspecified atom stereocenters. The van der Waals surface area contributed by atoms with Crippen LogP contribution in [0.15, 0.2) is 35.0 Å². The first kappa shape index (κ1) is 18.3. The lowest BCUT2D eigenvalue weighted by atomic mass is 9.88. The van der Waals surface area contributed by atoms with E-state index >= 15 is 0 Å². The lowest BCUT2D eigenvalue weighted by Gasteiger charge is -2.37. The molecule has 0 spiro atoms. The fraction of sp³-hybridized carbons (Fsp3) is 0.591. The number of nitrogens with zero attached hydrogens (tertiary/aromatic N) is 2. The molecular formula is C22H32N3-. The number of rotatable bonds is 4. The SMILES string of the molecule is Cc1cccc(C(CN2CCC([NH-])CC2)/C2=C/CCCCC=N2)c1C. The van der Waals surface area contributed by atoms with E-state index in [9.17, 15) is 0 Å². The fourth-order valence-corrected chi connectivity index (χ4v) is 3.96. The number of allylic oxidation sites excluding steroid dienone is 1. The maximum atomic E-state index is 7.96. The molecule has 0 radical (unpaired) electrons. The number of nitrogens with one attached hydrogen (secondary N) is 1. The third-order valence-electron chi connectivity index (χ3n) is 5.79. The van der Waals surface area contributed by atoms with E-state index < -0.39 is 0 Å². The largest absolute Gasteiger partial charge is 0.675 e. The van der Waals surface area contributed by atoms with Gasteiger partial charge in [0.1, 0.15) is 0 Å². The molecular weight excluding hydrogens is 306 g/mol. The first-order chi connectivity index (χ1) is 12.1. The van der Waals surface area contributed by atoms with Gasteiger partial charge in [-0.05, 0) is 69.3 Å². The summed E-state index contributed by atoms with van der Waals surface area (Å²) in [5.41, 5.74) is 13.4. The molecule has 0 aliphatic carbocycles. The van der Waals surface area contributed by atoms with Gasteiger partial charge < -0.3 is 10.6 Å². The average molecular weight is 339 g/mol. The van der Waals surface area contributed by atoms with Crippen LogP contribution in [-0.2, 0) is 0 Å². The van der Waals surface area contributed by atoms with Crippen LogP contribution in [-0.4, -0.2) is 36.8 Å². The first-order valence-corrected chi connectivity index (χ1v) is 9.87. The zero-order chi connectivity index (χ0) is 17.6.